The Balaban J connectivity index is 2.05. The van der Waals surface area contributed by atoms with Crippen molar-refractivity contribution in [3.8, 4) is 0 Å². The maximum atomic E-state index is 12.2. The van der Waals surface area contributed by atoms with Gasteiger partial charge in [-0.3, -0.25) is 4.79 Å². The zero-order valence-corrected chi connectivity index (χ0v) is 10.6. The summed E-state index contributed by atoms with van der Waals surface area (Å²) in [5, 5.41) is 0. The first kappa shape index (κ1) is 12.4. The van der Waals surface area contributed by atoms with Crippen LogP contribution < -0.4 is 5.73 Å². The molecular formula is C14H21NO2. The van der Waals surface area contributed by atoms with E-state index in [0.717, 1.165) is 25.2 Å². The number of Topliss-reactive ketones (excluding diaryl/α,β-unsaturated/α-hetero) is 1. The van der Waals surface area contributed by atoms with Gasteiger partial charge in [-0.05, 0) is 43.2 Å². The Kier molecular flexibility index (Phi) is 3.67. The van der Waals surface area contributed by atoms with Crippen molar-refractivity contribution >= 4 is 5.78 Å². The molecule has 0 bridgehead atoms. The zero-order valence-electron chi connectivity index (χ0n) is 10.6. The molecule has 3 heteroatoms. The van der Waals surface area contributed by atoms with Gasteiger partial charge < -0.3 is 10.2 Å². The SMILES string of the molecule is CC1CCC(C(=O)c2ccc(CN)o2)CC1C. The average Bonchev–Trinajstić information content (AvgIpc) is 2.80. The summed E-state index contributed by atoms with van der Waals surface area (Å²) in [5.74, 6) is 2.82. The molecule has 1 heterocycles. The fourth-order valence-electron chi connectivity index (χ4n) is 2.61. The van der Waals surface area contributed by atoms with Crippen LogP contribution in [-0.4, -0.2) is 5.78 Å². The van der Waals surface area contributed by atoms with E-state index in [4.69, 9.17) is 10.2 Å². The molecule has 1 aromatic rings. The van der Waals surface area contributed by atoms with Gasteiger partial charge in [0.2, 0.25) is 5.78 Å². The summed E-state index contributed by atoms with van der Waals surface area (Å²) in [6, 6.07) is 3.55. The first-order chi connectivity index (χ1) is 8.11. The normalized spacial score (nSPS) is 29.2. The summed E-state index contributed by atoms with van der Waals surface area (Å²) in [7, 11) is 0. The molecular weight excluding hydrogens is 214 g/mol. The van der Waals surface area contributed by atoms with Crippen LogP contribution in [0.25, 0.3) is 0 Å². The Morgan fingerprint density at radius 1 is 1.35 bits per heavy atom. The third-order valence-corrected chi connectivity index (χ3v) is 4.07. The molecule has 1 aromatic heterocycles. The van der Waals surface area contributed by atoms with Crippen LogP contribution >= 0.6 is 0 Å². The molecule has 0 saturated heterocycles. The van der Waals surface area contributed by atoms with Gasteiger partial charge in [0.1, 0.15) is 5.76 Å². The van der Waals surface area contributed by atoms with Crippen LogP contribution in [0.3, 0.4) is 0 Å². The number of hydrogen-bond donors (Lipinski definition) is 1. The van der Waals surface area contributed by atoms with Crippen molar-refractivity contribution in [1.29, 1.82) is 0 Å². The quantitative estimate of drug-likeness (QED) is 0.819. The number of carbonyl (C=O) groups excluding carboxylic acids is 1. The fourth-order valence-corrected chi connectivity index (χ4v) is 2.61. The van der Waals surface area contributed by atoms with Gasteiger partial charge >= 0.3 is 0 Å². The number of rotatable bonds is 3. The van der Waals surface area contributed by atoms with Crippen molar-refractivity contribution in [3.05, 3.63) is 23.7 Å². The van der Waals surface area contributed by atoms with Crippen LogP contribution in [0.2, 0.25) is 0 Å². The van der Waals surface area contributed by atoms with Crippen LogP contribution in [0, 0.1) is 17.8 Å². The van der Waals surface area contributed by atoms with Crippen LogP contribution in [0.5, 0.6) is 0 Å². The number of carbonyl (C=O) groups is 1. The molecule has 0 radical (unpaired) electrons. The summed E-state index contributed by atoms with van der Waals surface area (Å²) < 4.78 is 5.44. The topological polar surface area (TPSA) is 56.2 Å². The van der Waals surface area contributed by atoms with Crippen molar-refractivity contribution in [2.45, 2.75) is 39.7 Å². The standard InChI is InChI=1S/C14H21NO2/c1-9-3-4-11(7-10(9)2)14(16)13-6-5-12(8-15)17-13/h5-6,9-11H,3-4,7-8,15H2,1-2H3. The lowest BCUT2D eigenvalue weighted by Crippen LogP contribution is -2.26. The fraction of sp³-hybridized carbons (Fsp3) is 0.643. The maximum absolute atomic E-state index is 12.2. The second-order valence-corrected chi connectivity index (χ2v) is 5.30. The summed E-state index contributed by atoms with van der Waals surface area (Å²) in [6.45, 7) is 4.85. The molecule has 3 atom stereocenters. The van der Waals surface area contributed by atoms with Crippen molar-refractivity contribution < 1.29 is 9.21 Å². The maximum Gasteiger partial charge on any atom is 0.201 e. The van der Waals surface area contributed by atoms with Gasteiger partial charge in [-0.25, -0.2) is 0 Å². The highest BCUT2D eigenvalue weighted by molar-refractivity contribution is 5.95. The van der Waals surface area contributed by atoms with Crippen LogP contribution in [-0.2, 0) is 6.54 Å². The molecule has 0 spiro atoms. The predicted octanol–water partition coefficient (Wildman–Crippen LogP) is 2.99. The molecule has 17 heavy (non-hydrogen) atoms. The van der Waals surface area contributed by atoms with E-state index in [9.17, 15) is 4.79 Å². The van der Waals surface area contributed by atoms with Crippen molar-refractivity contribution in [2.24, 2.45) is 23.5 Å². The van der Waals surface area contributed by atoms with Crippen LogP contribution in [0.4, 0.5) is 0 Å². The Morgan fingerprint density at radius 2 is 2.12 bits per heavy atom. The number of hydrogen-bond acceptors (Lipinski definition) is 3. The summed E-state index contributed by atoms with van der Waals surface area (Å²) in [4.78, 5) is 12.2. The lowest BCUT2D eigenvalue weighted by Gasteiger charge is -2.30. The molecule has 2 N–H and O–H groups in total. The summed E-state index contributed by atoms with van der Waals surface area (Å²) in [5.41, 5.74) is 5.48. The molecule has 0 amide bonds. The Labute approximate surface area is 102 Å². The summed E-state index contributed by atoms with van der Waals surface area (Å²) in [6.07, 6.45) is 3.11. The van der Waals surface area contributed by atoms with E-state index in [1.165, 1.54) is 0 Å². The van der Waals surface area contributed by atoms with Gasteiger partial charge in [-0.1, -0.05) is 13.8 Å². The molecule has 94 valence electrons. The van der Waals surface area contributed by atoms with E-state index in [0.29, 0.717) is 24.0 Å². The third-order valence-electron chi connectivity index (χ3n) is 4.07. The van der Waals surface area contributed by atoms with E-state index >= 15 is 0 Å². The second-order valence-electron chi connectivity index (χ2n) is 5.30. The predicted molar refractivity (Wildman–Crippen MR) is 66.6 cm³/mol. The van der Waals surface area contributed by atoms with Gasteiger partial charge in [-0.15, -0.1) is 0 Å². The highest BCUT2D eigenvalue weighted by atomic mass is 16.3. The lowest BCUT2D eigenvalue weighted by atomic mass is 9.74. The van der Waals surface area contributed by atoms with Crippen molar-refractivity contribution in [1.82, 2.24) is 0 Å². The highest BCUT2D eigenvalue weighted by Crippen LogP contribution is 2.35. The highest BCUT2D eigenvalue weighted by Gasteiger charge is 2.30. The van der Waals surface area contributed by atoms with Gasteiger partial charge in [0.25, 0.3) is 0 Å². The number of nitrogens with two attached hydrogens (primary N) is 1. The minimum Gasteiger partial charge on any atom is -0.457 e. The van der Waals surface area contributed by atoms with E-state index < -0.39 is 0 Å². The van der Waals surface area contributed by atoms with Gasteiger partial charge in [0.15, 0.2) is 5.76 Å². The lowest BCUT2D eigenvalue weighted by molar-refractivity contribution is 0.0807. The monoisotopic (exact) mass is 235 g/mol. The Bertz CT molecular complexity index is 397. The van der Waals surface area contributed by atoms with Crippen LogP contribution in [0.15, 0.2) is 16.5 Å². The van der Waals surface area contributed by atoms with Crippen molar-refractivity contribution in [2.75, 3.05) is 0 Å². The number of ketones is 1. The molecule has 0 aromatic carbocycles. The largest absolute Gasteiger partial charge is 0.457 e. The number of furan rings is 1. The van der Waals surface area contributed by atoms with Crippen molar-refractivity contribution in [3.63, 3.8) is 0 Å². The van der Waals surface area contributed by atoms with E-state index in [-0.39, 0.29) is 11.7 Å². The Morgan fingerprint density at radius 3 is 2.71 bits per heavy atom. The zero-order chi connectivity index (χ0) is 12.4. The van der Waals surface area contributed by atoms with E-state index in [1.54, 1.807) is 12.1 Å². The smallest absolute Gasteiger partial charge is 0.201 e. The van der Waals surface area contributed by atoms with Crippen LogP contribution in [0.1, 0.15) is 49.4 Å². The minimum atomic E-state index is 0.137. The van der Waals surface area contributed by atoms with E-state index in [2.05, 4.69) is 13.8 Å². The second kappa shape index (κ2) is 5.05. The molecule has 1 aliphatic carbocycles. The molecule has 2 rings (SSSR count). The molecule has 1 aliphatic rings. The molecule has 3 nitrogen and oxygen atoms in total. The van der Waals surface area contributed by atoms with Gasteiger partial charge in [-0.2, -0.15) is 0 Å². The molecule has 1 saturated carbocycles. The average molecular weight is 235 g/mol. The minimum absolute atomic E-state index is 0.137. The first-order valence-corrected chi connectivity index (χ1v) is 6.44. The first-order valence-electron chi connectivity index (χ1n) is 6.44. The molecule has 3 unspecified atom stereocenters. The van der Waals surface area contributed by atoms with Gasteiger partial charge in [0.05, 0.1) is 6.54 Å². The Hall–Kier alpha value is -1.09. The van der Waals surface area contributed by atoms with E-state index in [1.807, 2.05) is 0 Å². The summed E-state index contributed by atoms with van der Waals surface area (Å²) >= 11 is 0. The molecule has 0 aliphatic heterocycles. The van der Waals surface area contributed by atoms with Gasteiger partial charge in [0, 0.05) is 5.92 Å². The third kappa shape index (κ3) is 2.60. The molecule has 1 fully saturated rings.